The average molecular weight is 521 g/mol. The van der Waals surface area contributed by atoms with Crippen LogP contribution in [-0.4, -0.2) is 36.7 Å². The number of halogens is 1. The van der Waals surface area contributed by atoms with E-state index in [4.69, 9.17) is 0 Å². The second-order valence-corrected chi connectivity index (χ2v) is 9.67. The van der Waals surface area contributed by atoms with Crippen LogP contribution in [0.3, 0.4) is 0 Å². The van der Waals surface area contributed by atoms with Crippen molar-refractivity contribution in [3.63, 3.8) is 0 Å². The highest BCUT2D eigenvalue weighted by Gasteiger charge is 2.32. The number of rotatable bonds is 7. The first kappa shape index (κ1) is 26.2. The maximum absolute atomic E-state index is 14.0. The molecule has 1 atom stereocenters. The Hall–Kier alpha value is -3.85. The van der Waals surface area contributed by atoms with Crippen molar-refractivity contribution in [3.8, 4) is 11.1 Å². The van der Waals surface area contributed by atoms with Crippen molar-refractivity contribution in [1.82, 2.24) is 16.0 Å². The minimum Gasteiger partial charge on any atom is -0.343 e. The van der Waals surface area contributed by atoms with Gasteiger partial charge in [0.2, 0.25) is 5.91 Å². The van der Waals surface area contributed by atoms with Crippen LogP contribution in [-0.2, 0) is 22.7 Å². The number of hydrogen-bond donors (Lipinski definition) is 3. The number of nitrogens with one attached hydrogen (secondary N) is 3. The number of thioether (sulfide) groups is 1. The molecule has 0 spiro atoms. The number of fused-ring (bicyclic) bond motifs is 1. The third kappa shape index (κ3) is 6.29. The Balaban J connectivity index is 1.59. The van der Waals surface area contributed by atoms with Gasteiger partial charge in [0.1, 0.15) is 11.9 Å². The molecule has 0 saturated carbocycles. The predicted molar refractivity (Wildman–Crippen MR) is 144 cm³/mol. The largest absolute Gasteiger partial charge is 0.343 e. The van der Waals surface area contributed by atoms with Crippen molar-refractivity contribution >= 4 is 35.3 Å². The fraction of sp³-hybridized carbons (Fsp3) is 0.250. The number of urea groups is 1. The van der Waals surface area contributed by atoms with Crippen LogP contribution in [0.15, 0.2) is 71.6 Å². The number of benzene rings is 3. The summed E-state index contributed by atoms with van der Waals surface area (Å²) in [5.41, 5.74) is 4.46. The van der Waals surface area contributed by atoms with Gasteiger partial charge in [0, 0.05) is 30.7 Å². The van der Waals surface area contributed by atoms with E-state index >= 15 is 0 Å². The molecule has 0 unspecified atom stereocenters. The maximum Gasteiger partial charge on any atom is 0.314 e. The third-order valence-corrected chi connectivity index (χ3v) is 7.27. The summed E-state index contributed by atoms with van der Waals surface area (Å²) in [6, 6.07) is 19.1. The normalized spacial score (nSPS) is 14.9. The summed E-state index contributed by atoms with van der Waals surface area (Å²) in [6.07, 6.45) is 0.275. The van der Waals surface area contributed by atoms with Gasteiger partial charge in [0.25, 0.3) is 5.91 Å². The molecule has 9 heteroatoms. The van der Waals surface area contributed by atoms with Crippen LogP contribution >= 0.6 is 11.8 Å². The third-order valence-electron chi connectivity index (χ3n) is 6.13. The second kappa shape index (κ2) is 11.9. The zero-order valence-corrected chi connectivity index (χ0v) is 21.5. The summed E-state index contributed by atoms with van der Waals surface area (Å²) >= 11 is 1.36. The Morgan fingerprint density at radius 1 is 1.08 bits per heavy atom. The first-order chi connectivity index (χ1) is 17.9. The molecular weight excluding hydrogens is 491 g/mol. The van der Waals surface area contributed by atoms with Crippen molar-refractivity contribution in [2.75, 3.05) is 17.7 Å². The highest BCUT2D eigenvalue weighted by atomic mass is 32.2. The Morgan fingerprint density at radius 2 is 1.84 bits per heavy atom. The lowest BCUT2D eigenvalue weighted by Gasteiger charge is -2.26. The second-order valence-electron chi connectivity index (χ2n) is 8.61. The standard InChI is InChI=1S/C28H29FN4O3S/c1-3-26(34)32-23-17-37-25-14-21(29)12-13-24(25)33(27(23)35)16-18-8-10-19(11-9-18)22-7-5-4-6-20(22)15-31-28(36)30-2/h4-14,23H,3,15-17H2,1-2H3,(H,32,34)(H2,30,31,36)/t23-/m1/s1. The summed E-state index contributed by atoms with van der Waals surface area (Å²) in [6.45, 7) is 2.40. The van der Waals surface area contributed by atoms with E-state index in [1.54, 1.807) is 24.9 Å². The summed E-state index contributed by atoms with van der Waals surface area (Å²) in [5, 5.41) is 8.17. The Labute approximate surface area is 219 Å². The zero-order chi connectivity index (χ0) is 26.4. The van der Waals surface area contributed by atoms with Crippen molar-refractivity contribution in [3.05, 3.63) is 83.7 Å². The Kier molecular flexibility index (Phi) is 8.45. The summed E-state index contributed by atoms with van der Waals surface area (Å²) in [5.74, 6) is -0.472. The van der Waals surface area contributed by atoms with Gasteiger partial charge in [-0.25, -0.2) is 9.18 Å². The van der Waals surface area contributed by atoms with Gasteiger partial charge in [-0.1, -0.05) is 55.5 Å². The van der Waals surface area contributed by atoms with Crippen molar-refractivity contribution in [2.45, 2.75) is 37.4 Å². The van der Waals surface area contributed by atoms with Gasteiger partial charge in [-0.3, -0.25) is 9.59 Å². The van der Waals surface area contributed by atoms with Crippen LogP contribution in [0.1, 0.15) is 24.5 Å². The number of carbonyl (C=O) groups is 3. The molecule has 7 nitrogen and oxygen atoms in total. The van der Waals surface area contributed by atoms with Crippen molar-refractivity contribution < 1.29 is 18.8 Å². The first-order valence-electron chi connectivity index (χ1n) is 12.1. The van der Waals surface area contributed by atoms with Gasteiger partial charge in [0.15, 0.2) is 0 Å². The molecule has 1 aliphatic rings. The molecule has 4 rings (SSSR count). The molecule has 0 fully saturated rings. The number of carbonyl (C=O) groups excluding carboxylic acids is 3. The molecule has 37 heavy (non-hydrogen) atoms. The van der Waals surface area contributed by atoms with E-state index in [9.17, 15) is 18.8 Å². The maximum atomic E-state index is 14.0. The molecule has 0 aromatic heterocycles. The smallest absolute Gasteiger partial charge is 0.314 e. The van der Waals surface area contributed by atoms with Crippen LogP contribution in [0, 0.1) is 5.82 Å². The number of anilines is 1. The Morgan fingerprint density at radius 3 is 2.57 bits per heavy atom. The lowest BCUT2D eigenvalue weighted by Crippen LogP contribution is -2.49. The van der Waals surface area contributed by atoms with E-state index in [1.807, 2.05) is 48.5 Å². The molecule has 0 saturated heterocycles. The van der Waals surface area contributed by atoms with E-state index in [2.05, 4.69) is 16.0 Å². The lowest BCUT2D eigenvalue weighted by atomic mass is 9.98. The van der Waals surface area contributed by atoms with E-state index in [0.717, 1.165) is 22.3 Å². The van der Waals surface area contributed by atoms with Crippen LogP contribution in [0.5, 0.6) is 0 Å². The number of amides is 4. The molecule has 192 valence electrons. The number of hydrogen-bond acceptors (Lipinski definition) is 4. The first-order valence-corrected chi connectivity index (χ1v) is 13.0. The van der Waals surface area contributed by atoms with Crippen LogP contribution < -0.4 is 20.9 Å². The molecule has 0 aliphatic carbocycles. The van der Waals surface area contributed by atoms with E-state index in [-0.39, 0.29) is 36.6 Å². The fourth-order valence-electron chi connectivity index (χ4n) is 4.13. The van der Waals surface area contributed by atoms with Crippen molar-refractivity contribution in [1.29, 1.82) is 0 Å². The van der Waals surface area contributed by atoms with Gasteiger partial charge in [-0.15, -0.1) is 11.8 Å². The summed E-state index contributed by atoms with van der Waals surface area (Å²) in [4.78, 5) is 39.5. The average Bonchev–Trinajstić information content (AvgIpc) is 3.04. The topological polar surface area (TPSA) is 90.5 Å². The molecule has 1 aliphatic heterocycles. The van der Waals surface area contributed by atoms with Crippen molar-refractivity contribution in [2.24, 2.45) is 0 Å². The number of nitrogens with zero attached hydrogens (tertiary/aromatic N) is 1. The minimum absolute atomic E-state index is 0.204. The van der Waals surface area contributed by atoms with Gasteiger partial charge in [-0.05, 0) is 40.5 Å². The van der Waals surface area contributed by atoms with Crippen LogP contribution in [0.25, 0.3) is 11.1 Å². The van der Waals surface area contributed by atoms with Crippen LogP contribution in [0.4, 0.5) is 14.9 Å². The summed E-state index contributed by atoms with van der Waals surface area (Å²) < 4.78 is 14.0. The Bertz CT molecular complexity index is 1300. The SMILES string of the molecule is CCC(=O)N[C@@H]1CSc2cc(F)ccc2N(Cc2ccc(-c3ccccc3CNC(=O)NC)cc2)C1=O. The lowest BCUT2D eigenvalue weighted by molar-refractivity contribution is -0.127. The van der Waals surface area contributed by atoms with E-state index in [1.165, 1.54) is 23.9 Å². The highest BCUT2D eigenvalue weighted by Crippen LogP contribution is 2.36. The van der Waals surface area contributed by atoms with Crippen LogP contribution in [0.2, 0.25) is 0 Å². The molecule has 0 bridgehead atoms. The molecule has 3 N–H and O–H groups in total. The monoisotopic (exact) mass is 520 g/mol. The molecular formula is C28H29FN4O3S. The van der Waals surface area contributed by atoms with Gasteiger partial charge >= 0.3 is 6.03 Å². The fourth-order valence-corrected chi connectivity index (χ4v) is 5.23. The summed E-state index contributed by atoms with van der Waals surface area (Å²) in [7, 11) is 1.57. The molecule has 3 aromatic carbocycles. The molecule has 3 aromatic rings. The van der Waals surface area contributed by atoms with E-state index in [0.29, 0.717) is 22.9 Å². The quantitative estimate of drug-likeness (QED) is 0.429. The van der Waals surface area contributed by atoms with Gasteiger partial charge in [0.05, 0.1) is 12.2 Å². The molecule has 1 heterocycles. The van der Waals surface area contributed by atoms with E-state index < -0.39 is 6.04 Å². The zero-order valence-electron chi connectivity index (χ0n) is 20.7. The molecule has 0 radical (unpaired) electrons. The molecule has 4 amide bonds. The van der Waals surface area contributed by atoms with Gasteiger partial charge < -0.3 is 20.9 Å². The predicted octanol–water partition coefficient (Wildman–Crippen LogP) is 4.46. The minimum atomic E-state index is -0.702. The van der Waals surface area contributed by atoms with Gasteiger partial charge in [-0.2, -0.15) is 0 Å². The highest BCUT2D eigenvalue weighted by molar-refractivity contribution is 7.99.